The Hall–Kier alpha value is -1.89. The predicted molar refractivity (Wildman–Crippen MR) is 116 cm³/mol. The maximum absolute atomic E-state index is 6.27. The van der Waals surface area contributed by atoms with Crippen LogP contribution >= 0.6 is 36.0 Å². The van der Waals surface area contributed by atoms with Crippen LogP contribution in [-0.4, -0.2) is 10.2 Å². The van der Waals surface area contributed by atoms with Crippen LogP contribution in [0.25, 0.3) is 0 Å². The molecular formula is C18H21ClN4S2. The van der Waals surface area contributed by atoms with Gasteiger partial charge in [0.05, 0.1) is 10.7 Å². The van der Waals surface area contributed by atoms with E-state index in [1.165, 1.54) is 5.56 Å². The third kappa shape index (κ3) is 5.29. The van der Waals surface area contributed by atoms with Crippen LogP contribution in [-0.2, 0) is 0 Å². The summed E-state index contributed by atoms with van der Waals surface area (Å²) in [5.41, 5.74) is 11.9. The second-order valence-corrected chi connectivity index (χ2v) is 7.07. The molecule has 4 nitrogen and oxygen atoms in total. The van der Waals surface area contributed by atoms with Crippen LogP contribution in [0, 0.1) is 27.7 Å². The molecule has 0 aliphatic carbocycles. The quantitative estimate of drug-likeness (QED) is 0.436. The number of anilines is 2. The molecule has 0 fully saturated rings. The first kappa shape index (κ1) is 19.4. The molecule has 0 heterocycles. The zero-order chi connectivity index (χ0) is 18.6. The Labute approximate surface area is 164 Å². The zero-order valence-electron chi connectivity index (χ0n) is 14.6. The van der Waals surface area contributed by atoms with E-state index < -0.39 is 0 Å². The number of rotatable bonds is 2. The van der Waals surface area contributed by atoms with Gasteiger partial charge in [-0.1, -0.05) is 29.8 Å². The molecule has 0 atom stereocenters. The number of thiocarbonyl (C=S) groups is 2. The standard InChI is InChI=1S/C18H21ClN4S2/c1-10-8-12(3)16(14(19)9-10)21-18(25)23-22-17(24)20-15-7-5-6-11(2)13(15)4/h5-9H,1-4H3,(H2,20,22,24)(H2,21,23,25). The highest BCUT2D eigenvalue weighted by molar-refractivity contribution is 7.81. The maximum atomic E-state index is 6.27. The topological polar surface area (TPSA) is 48.1 Å². The molecule has 0 aliphatic rings. The number of hydrazine groups is 1. The van der Waals surface area contributed by atoms with Gasteiger partial charge in [0, 0.05) is 5.69 Å². The molecule has 0 saturated heterocycles. The van der Waals surface area contributed by atoms with Gasteiger partial charge < -0.3 is 10.6 Å². The van der Waals surface area contributed by atoms with E-state index >= 15 is 0 Å². The minimum atomic E-state index is 0.374. The Morgan fingerprint density at radius 3 is 2.16 bits per heavy atom. The Morgan fingerprint density at radius 2 is 1.52 bits per heavy atom. The van der Waals surface area contributed by atoms with Crippen molar-refractivity contribution in [2.24, 2.45) is 0 Å². The van der Waals surface area contributed by atoms with Crippen molar-refractivity contribution in [1.29, 1.82) is 0 Å². The minimum absolute atomic E-state index is 0.374. The second kappa shape index (κ2) is 8.47. The molecule has 0 saturated carbocycles. The highest BCUT2D eigenvalue weighted by atomic mass is 35.5. The summed E-state index contributed by atoms with van der Waals surface area (Å²) in [5.74, 6) is 0. The molecule has 0 amide bonds. The SMILES string of the molecule is Cc1cc(C)c(NC(=S)NNC(=S)Nc2cccc(C)c2C)c(Cl)c1. The largest absolute Gasteiger partial charge is 0.331 e. The van der Waals surface area contributed by atoms with Gasteiger partial charge in [-0.05, 0) is 86.5 Å². The highest BCUT2D eigenvalue weighted by Gasteiger charge is 2.08. The van der Waals surface area contributed by atoms with Crippen molar-refractivity contribution in [3.05, 3.63) is 57.6 Å². The molecular weight excluding hydrogens is 372 g/mol. The summed E-state index contributed by atoms with van der Waals surface area (Å²) in [4.78, 5) is 0. The van der Waals surface area contributed by atoms with Crippen molar-refractivity contribution in [2.75, 3.05) is 10.6 Å². The molecule has 0 bridgehead atoms. The van der Waals surface area contributed by atoms with Gasteiger partial charge >= 0.3 is 0 Å². The van der Waals surface area contributed by atoms with Crippen molar-refractivity contribution < 1.29 is 0 Å². The molecule has 2 aromatic carbocycles. The number of benzene rings is 2. The molecule has 2 aromatic rings. The Bertz CT molecular complexity index is 798. The van der Waals surface area contributed by atoms with Gasteiger partial charge in [0.25, 0.3) is 0 Å². The van der Waals surface area contributed by atoms with E-state index in [9.17, 15) is 0 Å². The summed E-state index contributed by atoms with van der Waals surface area (Å²) in [5, 5.41) is 7.65. The van der Waals surface area contributed by atoms with Crippen LogP contribution in [0.15, 0.2) is 30.3 Å². The zero-order valence-corrected chi connectivity index (χ0v) is 17.0. The number of hydrogen-bond donors (Lipinski definition) is 4. The summed E-state index contributed by atoms with van der Waals surface area (Å²) in [7, 11) is 0. The third-order valence-corrected chi connectivity index (χ3v) is 4.52. The fraction of sp³-hybridized carbons (Fsp3) is 0.222. The lowest BCUT2D eigenvalue weighted by Gasteiger charge is -2.17. The summed E-state index contributed by atoms with van der Waals surface area (Å²) in [6, 6.07) is 9.94. The molecule has 7 heteroatoms. The molecule has 0 aromatic heterocycles. The summed E-state index contributed by atoms with van der Waals surface area (Å²) >= 11 is 16.9. The van der Waals surface area contributed by atoms with Crippen molar-refractivity contribution in [3.8, 4) is 0 Å². The van der Waals surface area contributed by atoms with E-state index in [1.54, 1.807) is 0 Å². The number of hydrogen-bond acceptors (Lipinski definition) is 2. The van der Waals surface area contributed by atoms with Crippen LogP contribution in [0.2, 0.25) is 5.02 Å². The van der Waals surface area contributed by atoms with Crippen LogP contribution < -0.4 is 21.5 Å². The molecule has 2 rings (SSSR count). The molecule has 25 heavy (non-hydrogen) atoms. The average Bonchev–Trinajstić information content (AvgIpc) is 2.53. The van der Waals surface area contributed by atoms with Gasteiger partial charge in [-0.3, -0.25) is 10.9 Å². The lowest BCUT2D eigenvalue weighted by molar-refractivity contribution is 0.885. The predicted octanol–water partition coefficient (Wildman–Crippen LogP) is 4.76. The summed E-state index contributed by atoms with van der Waals surface area (Å²) in [6.07, 6.45) is 0. The van der Waals surface area contributed by atoms with E-state index in [-0.39, 0.29) is 0 Å². The lowest BCUT2D eigenvalue weighted by atomic mass is 10.1. The Kier molecular flexibility index (Phi) is 6.58. The normalized spacial score (nSPS) is 10.1. The number of halogens is 1. The second-order valence-electron chi connectivity index (χ2n) is 5.84. The number of nitrogens with one attached hydrogen (secondary N) is 4. The van der Waals surface area contributed by atoms with E-state index in [0.717, 1.165) is 28.1 Å². The smallest absolute Gasteiger partial charge is 0.189 e. The minimum Gasteiger partial charge on any atom is -0.331 e. The first-order chi connectivity index (χ1) is 11.8. The Morgan fingerprint density at radius 1 is 0.880 bits per heavy atom. The molecule has 0 radical (unpaired) electrons. The first-order valence-electron chi connectivity index (χ1n) is 7.75. The third-order valence-electron chi connectivity index (χ3n) is 3.81. The maximum Gasteiger partial charge on any atom is 0.189 e. The summed E-state index contributed by atoms with van der Waals surface area (Å²) in [6.45, 7) is 8.08. The number of aryl methyl sites for hydroxylation is 3. The molecule has 0 spiro atoms. The van der Waals surface area contributed by atoms with Gasteiger partial charge in [0.15, 0.2) is 10.2 Å². The van der Waals surface area contributed by atoms with Crippen molar-refractivity contribution in [3.63, 3.8) is 0 Å². The van der Waals surface area contributed by atoms with E-state index in [1.807, 2.05) is 45.0 Å². The Balaban J connectivity index is 1.92. The van der Waals surface area contributed by atoms with Crippen LogP contribution in [0.1, 0.15) is 22.3 Å². The fourth-order valence-corrected chi connectivity index (χ4v) is 3.05. The van der Waals surface area contributed by atoms with Crippen molar-refractivity contribution in [2.45, 2.75) is 27.7 Å². The lowest BCUT2D eigenvalue weighted by Crippen LogP contribution is -2.45. The van der Waals surface area contributed by atoms with E-state index in [0.29, 0.717) is 15.2 Å². The van der Waals surface area contributed by atoms with Crippen LogP contribution in [0.3, 0.4) is 0 Å². The van der Waals surface area contributed by atoms with E-state index in [4.69, 9.17) is 36.0 Å². The van der Waals surface area contributed by atoms with Gasteiger partial charge in [-0.25, -0.2) is 0 Å². The van der Waals surface area contributed by atoms with Crippen molar-refractivity contribution >= 4 is 57.6 Å². The molecule has 0 aliphatic heterocycles. The van der Waals surface area contributed by atoms with Crippen LogP contribution in [0.5, 0.6) is 0 Å². The highest BCUT2D eigenvalue weighted by Crippen LogP contribution is 2.27. The average molecular weight is 393 g/mol. The summed E-state index contributed by atoms with van der Waals surface area (Å²) < 4.78 is 0. The van der Waals surface area contributed by atoms with E-state index in [2.05, 4.69) is 34.5 Å². The van der Waals surface area contributed by atoms with Crippen LogP contribution in [0.4, 0.5) is 11.4 Å². The molecule has 0 unspecified atom stereocenters. The monoisotopic (exact) mass is 392 g/mol. The molecule has 132 valence electrons. The fourth-order valence-electron chi connectivity index (χ4n) is 2.37. The van der Waals surface area contributed by atoms with Crippen molar-refractivity contribution in [1.82, 2.24) is 10.9 Å². The van der Waals surface area contributed by atoms with Gasteiger partial charge in [-0.2, -0.15) is 0 Å². The van der Waals surface area contributed by atoms with Gasteiger partial charge in [-0.15, -0.1) is 0 Å². The van der Waals surface area contributed by atoms with Gasteiger partial charge in [0.1, 0.15) is 0 Å². The molecule has 4 N–H and O–H groups in total. The first-order valence-corrected chi connectivity index (χ1v) is 8.94. The van der Waals surface area contributed by atoms with Gasteiger partial charge in [0.2, 0.25) is 0 Å².